The van der Waals surface area contributed by atoms with Crippen LogP contribution in [-0.2, 0) is 11.0 Å². The number of benzene rings is 1. The van der Waals surface area contributed by atoms with Gasteiger partial charge in [0.25, 0.3) is 5.91 Å². The molecule has 152 valence electrons. The van der Waals surface area contributed by atoms with E-state index in [1.54, 1.807) is 6.07 Å². The molecule has 29 heavy (non-hydrogen) atoms. The average Bonchev–Trinajstić information content (AvgIpc) is 3.08. The van der Waals surface area contributed by atoms with Crippen LogP contribution in [0.15, 0.2) is 29.7 Å². The molecule has 9 nitrogen and oxygen atoms in total. The number of allylic oxidation sites excluding steroid dienone is 1. The maximum absolute atomic E-state index is 13.5. The number of carbonyl (C=O) groups excluding carboxylic acids is 1. The van der Waals surface area contributed by atoms with E-state index in [1.807, 2.05) is 5.10 Å². The third kappa shape index (κ3) is 3.62. The van der Waals surface area contributed by atoms with E-state index in [-0.39, 0.29) is 40.0 Å². The third-order valence-corrected chi connectivity index (χ3v) is 4.11. The van der Waals surface area contributed by atoms with E-state index in [0.29, 0.717) is 0 Å². The van der Waals surface area contributed by atoms with Gasteiger partial charge in [0.2, 0.25) is 11.8 Å². The quantitative estimate of drug-likeness (QED) is 0.678. The van der Waals surface area contributed by atoms with Crippen LogP contribution in [0, 0.1) is 11.3 Å². The summed E-state index contributed by atoms with van der Waals surface area (Å²) in [4.78, 5) is 10.9. The van der Waals surface area contributed by atoms with Gasteiger partial charge < -0.3 is 25.7 Å². The number of alkyl halides is 3. The molecule has 0 spiro atoms. The van der Waals surface area contributed by atoms with Crippen LogP contribution in [0.25, 0.3) is 0 Å². The summed E-state index contributed by atoms with van der Waals surface area (Å²) in [6.45, 7) is -0.423. The molecule has 2 aromatic rings. The van der Waals surface area contributed by atoms with Crippen molar-refractivity contribution >= 4 is 5.91 Å². The molecular formula is C17H14F3N5O4. The van der Waals surface area contributed by atoms with Gasteiger partial charge in [0.05, 0.1) is 18.6 Å². The number of nitriles is 1. The highest BCUT2D eigenvalue weighted by molar-refractivity contribution is 5.75. The predicted octanol–water partition coefficient (Wildman–Crippen LogP) is 1.52. The van der Waals surface area contributed by atoms with Crippen molar-refractivity contribution in [1.82, 2.24) is 10.2 Å². The van der Waals surface area contributed by atoms with Crippen molar-refractivity contribution in [1.29, 1.82) is 5.26 Å². The molecule has 0 saturated carbocycles. The summed E-state index contributed by atoms with van der Waals surface area (Å²) in [5, 5.41) is 14.9. The minimum Gasteiger partial charge on any atom is -0.493 e. The number of halogens is 3. The first-order valence-electron chi connectivity index (χ1n) is 7.99. The van der Waals surface area contributed by atoms with Crippen LogP contribution in [0.4, 0.5) is 13.2 Å². The second-order valence-electron chi connectivity index (χ2n) is 5.91. The van der Waals surface area contributed by atoms with Gasteiger partial charge in [-0.1, -0.05) is 6.07 Å². The Morgan fingerprint density at radius 3 is 2.72 bits per heavy atom. The number of fused-ring (bicyclic) bond motifs is 1. The molecule has 1 amide bonds. The zero-order valence-corrected chi connectivity index (χ0v) is 14.8. The molecule has 12 heteroatoms. The SMILES string of the molecule is COc1cc([C@H]2C(C#N)=C(N)Oc3n[nH]c(C(F)(F)F)c32)ccc1OCC(N)=O. The van der Waals surface area contributed by atoms with Crippen molar-refractivity contribution in [3.8, 4) is 23.4 Å². The molecular weight excluding hydrogens is 395 g/mol. The Balaban J connectivity index is 2.15. The zero-order chi connectivity index (χ0) is 21.3. The van der Waals surface area contributed by atoms with E-state index < -0.39 is 30.3 Å². The maximum atomic E-state index is 13.5. The van der Waals surface area contributed by atoms with Gasteiger partial charge in [-0.05, 0) is 17.7 Å². The van der Waals surface area contributed by atoms with Crippen LogP contribution in [-0.4, -0.2) is 29.8 Å². The number of nitrogens with two attached hydrogens (primary N) is 2. The topological polar surface area (TPSA) is 149 Å². The van der Waals surface area contributed by atoms with Crippen LogP contribution in [0.2, 0.25) is 0 Å². The lowest BCUT2D eigenvalue weighted by molar-refractivity contribution is -0.141. The molecule has 1 atom stereocenters. The molecule has 0 radical (unpaired) electrons. The van der Waals surface area contributed by atoms with E-state index in [0.717, 1.165) is 0 Å². The molecule has 5 N–H and O–H groups in total. The number of methoxy groups -OCH3 is 1. The number of aromatic amines is 1. The Kier molecular flexibility index (Phi) is 4.98. The van der Waals surface area contributed by atoms with Crippen LogP contribution < -0.4 is 25.7 Å². The number of H-pyrrole nitrogens is 1. The predicted molar refractivity (Wildman–Crippen MR) is 90.6 cm³/mol. The van der Waals surface area contributed by atoms with Gasteiger partial charge in [0.1, 0.15) is 17.3 Å². The lowest BCUT2D eigenvalue weighted by atomic mass is 9.83. The minimum absolute atomic E-state index is 0.115. The highest BCUT2D eigenvalue weighted by atomic mass is 19.4. The molecule has 1 aromatic heterocycles. The summed E-state index contributed by atoms with van der Waals surface area (Å²) in [5.74, 6) is -2.44. The van der Waals surface area contributed by atoms with Gasteiger partial charge in [-0.15, -0.1) is 5.10 Å². The van der Waals surface area contributed by atoms with Gasteiger partial charge in [-0.3, -0.25) is 9.89 Å². The number of aromatic nitrogens is 2. The van der Waals surface area contributed by atoms with Crippen molar-refractivity contribution in [3.05, 3.63) is 46.5 Å². The highest BCUT2D eigenvalue weighted by Crippen LogP contribution is 2.47. The largest absolute Gasteiger partial charge is 0.493 e. The monoisotopic (exact) mass is 409 g/mol. The summed E-state index contributed by atoms with van der Waals surface area (Å²) in [7, 11) is 1.31. The molecule has 1 aliphatic heterocycles. The van der Waals surface area contributed by atoms with Gasteiger partial charge in [-0.2, -0.15) is 18.4 Å². The molecule has 0 bridgehead atoms. The molecule has 0 aliphatic carbocycles. The van der Waals surface area contributed by atoms with E-state index in [2.05, 4.69) is 5.10 Å². The summed E-state index contributed by atoms with van der Waals surface area (Å²) >= 11 is 0. The molecule has 0 fully saturated rings. The van der Waals surface area contributed by atoms with Crippen LogP contribution >= 0.6 is 0 Å². The van der Waals surface area contributed by atoms with Crippen LogP contribution in [0.1, 0.15) is 22.7 Å². The zero-order valence-electron chi connectivity index (χ0n) is 14.8. The first-order valence-corrected chi connectivity index (χ1v) is 7.99. The summed E-state index contributed by atoms with van der Waals surface area (Å²) < 4.78 is 55.9. The number of primary amides is 1. The number of rotatable bonds is 5. The number of ether oxygens (including phenoxy) is 3. The first-order chi connectivity index (χ1) is 13.7. The second-order valence-corrected chi connectivity index (χ2v) is 5.91. The number of amides is 1. The number of carbonyl (C=O) groups is 1. The first kappa shape index (κ1) is 19.9. The molecule has 1 aliphatic rings. The van der Waals surface area contributed by atoms with Gasteiger partial charge in [-0.25, -0.2) is 0 Å². The minimum atomic E-state index is -4.77. The highest BCUT2D eigenvalue weighted by Gasteiger charge is 2.44. The standard InChI is InChI=1S/C17H14F3N5O4/c1-27-10-4-7(2-3-9(10)28-6-11(22)26)12-8(5-21)15(23)29-16-13(12)14(24-25-16)17(18,19)20/h2-4,12H,6,23H2,1H3,(H2,22,26)(H,24,25)/t12-/m0/s1. The van der Waals surface area contributed by atoms with E-state index in [9.17, 15) is 23.2 Å². The lowest BCUT2D eigenvalue weighted by Crippen LogP contribution is -2.23. The fourth-order valence-electron chi connectivity index (χ4n) is 2.93. The second kappa shape index (κ2) is 7.27. The molecule has 3 rings (SSSR count). The normalized spacial score (nSPS) is 15.9. The van der Waals surface area contributed by atoms with Gasteiger partial charge in [0, 0.05) is 0 Å². The number of nitrogens with one attached hydrogen (secondary N) is 1. The number of nitrogens with zero attached hydrogens (tertiary/aromatic N) is 2. The summed E-state index contributed by atoms with van der Waals surface area (Å²) in [5.41, 5.74) is 9.24. The Bertz CT molecular complexity index is 1040. The number of hydrogen-bond acceptors (Lipinski definition) is 7. The van der Waals surface area contributed by atoms with E-state index in [1.165, 1.54) is 25.3 Å². The summed E-state index contributed by atoms with van der Waals surface area (Å²) in [6, 6.07) is 5.95. The maximum Gasteiger partial charge on any atom is 0.433 e. The Morgan fingerprint density at radius 1 is 1.41 bits per heavy atom. The summed E-state index contributed by atoms with van der Waals surface area (Å²) in [6.07, 6.45) is -4.77. The van der Waals surface area contributed by atoms with Gasteiger partial charge in [0.15, 0.2) is 18.1 Å². The van der Waals surface area contributed by atoms with Gasteiger partial charge >= 0.3 is 6.18 Å². The van der Waals surface area contributed by atoms with Crippen molar-refractivity contribution < 1.29 is 32.2 Å². The molecule has 2 heterocycles. The fraction of sp³-hybridized carbons (Fsp3) is 0.235. The lowest BCUT2D eigenvalue weighted by Gasteiger charge is -2.25. The Hall–Kier alpha value is -3.88. The van der Waals surface area contributed by atoms with E-state index in [4.69, 9.17) is 25.7 Å². The van der Waals surface area contributed by atoms with Crippen molar-refractivity contribution in [2.75, 3.05) is 13.7 Å². The average molecular weight is 409 g/mol. The Morgan fingerprint density at radius 2 is 2.14 bits per heavy atom. The van der Waals surface area contributed by atoms with Crippen LogP contribution in [0.5, 0.6) is 17.4 Å². The van der Waals surface area contributed by atoms with Crippen molar-refractivity contribution in [3.63, 3.8) is 0 Å². The fourth-order valence-corrected chi connectivity index (χ4v) is 2.93. The number of hydrogen-bond donors (Lipinski definition) is 3. The smallest absolute Gasteiger partial charge is 0.433 e. The molecule has 0 saturated heterocycles. The molecule has 0 unspecified atom stereocenters. The third-order valence-electron chi connectivity index (χ3n) is 4.11. The van der Waals surface area contributed by atoms with Crippen LogP contribution in [0.3, 0.4) is 0 Å². The van der Waals surface area contributed by atoms with E-state index >= 15 is 0 Å². The Labute approximate surface area is 161 Å². The van der Waals surface area contributed by atoms with Crippen molar-refractivity contribution in [2.45, 2.75) is 12.1 Å². The van der Waals surface area contributed by atoms with Crippen molar-refractivity contribution in [2.24, 2.45) is 11.5 Å². The molecule has 1 aromatic carbocycles.